The second-order valence-corrected chi connectivity index (χ2v) is 5.46. The number of hydrogen-bond acceptors (Lipinski definition) is 3. The lowest BCUT2D eigenvalue weighted by Gasteiger charge is -2.25. The second kappa shape index (κ2) is 6.52. The maximum atomic E-state index is 12.3. The Hall–Kier alpha value is -1.39. The highest BCUT2D eigenvalue weighted by Gasteiger charge is 2.21. The highest BCUT2D eigenvalue weighted by Crippen LogP contribution is 2.08. The lowest BCUT2D eigenvalue weighted by atomic mass is 10.1. The molecule has 0 atom stereocenters. The van der Waals surface area contributed by atoms with Gasteiger partial charge < -0.3 is 4.90 Å². The molecule has 5 nitrogen and oxygen atoms in total. The topological polar surface area (TPSA) is 61.9 Å². The lowest BCUT2D eigenvalue weighted by molar-refractivity contribution is 0.0703. The summed E-state index contributed by atoms with van der Waals surface area (Å²) in [4.78, 5) is 18.4. The minimum atomic E-state index is -0.0756. The van der Waals surface area contributed by atoms with Gasteiger partial charge in [-0.3, -0.25) is 9.89 Å². The fourth-order valence-corrected chi connectivity index (χ4v) is 1.81. The first-order chi connectivity index (χ1) is 8.43. The highest BCUT2D eigenvalue weighted by molar-refractivity contribution is 5.90. The summed E-state index contributed by atoms with van der Waals surface area (Å²) < 4.78 is 0. The molecule has 1 heterocycles. The van der Waals surface area contributed by atoms with Gasteiger partial charge in [0.2, 0.25) is 5.82 Å². The van der Waals surface area contributed by atoms with Gasteiger partial charge in [0.1, 0.15) is 5.82 Å². The molecule has 1 amide bonds. The van der Waals surface area contributed by atoms with Crippen LogP contribution in [0.1, 0.15) is 51.1 Å². The number of carbonyl (C=O) groups is 1. The van der Waals surface area contributed by atoms with Crippen LogP contribution in [0.15, 0.2) is 0 Å². The van der Waals surface area contributed by atoms with Crippen LogP contribution >= 0.6 is 0 Å². The first kappa shape index (κ1) is 14.7. The average molecular weight is 252 g/mol. The summed E-state index contributed by atoms with van der Waals surface area (Å²) in [5.74, 6) is 1.85. The average Bonchev–Trinajstić information content (AvgIpc) is 2.74. The van der Waals surface area contributed by atoms with Crippen LogP contribution < -0.4 is 0 Å². The summed E-state index contributed by atoms with van der Waals surface area (Å²) >= 11 is 0. The number of H-pyrrole nitrogens is 1. The van der Waals surface area contributed by atoms with Crippen LogP contribution in [0.4, 0.5) is 0 Å². The van der Waals surface area contributed by atoms with E-state index in [1.165, 1.54) is 0 Å². The predicted molar refractivity (Wildman–Crippen MR) is 71.3 cm³/mol. The van der Waals surface area contributed by atoms with Gasteiger partial charge in [0.15, 0.2) is 0 Å². The fraction of sp³-hybridized carbons (Fsp3) is 0.769. The maximum Gasteiger partial charge on any atom is 0.293 e. The predicted octanol–water partition coefficient (Wildman–Crippen LogP) is 2.12. The molecule has 0 aliphatic rings. The second-order valence-electron chi connectivity index (χ2n) is 5.46. The van der Waals surface area contributed by atoms with Crippen LogP contribution in [0, 0.1) is 11.8 Å². The molecule has 0 unspecified atom stereocenters. The number of nitrogens with zero attached hydrogens (tertiary/aromatic N) is 3. The minimum absolute atomic E-state index is 0.0756. The number of carbonyl (C=O) groups excluding carboxylic acids is 1. The number of aromatic amines is 1. The van der Waals surface area contributed by atoms with Gasteiger partial charge in [0, 0.05) is 19.5 Å². The van der Waals surface area contributed by atoms with Crippen molar-refractivity contribution >= 4 is 5.91 Å². The molecule has 0 saturated carbocycles. The van der Waals surface area contributed by atoms with E-state index in [1.807, 2.05) is 11.8 Å². The Kier molecular flexibility index (Phi) is 5.31. The van der Waals surface area contributed by atoms with Crippen molar-refractivity contribution in [2.45, 2.75) is 41.0 Å². The van der Waals surface area contributed by atoms with Crippen LogP contribution in [-0.2, 0) is 6.42 Å². The van der Waals surface area contributed by atoms with Crippen molar-refractivity contribution in [1.29, 1.82) is 0 Å². The van der Waals surface area contributed by atoms with Gasteiger partial charge in [0.25, 0.3) is 5.91 Å². The molecule has 0 radical (unpaired) electrons. The number of rotatable bonds is 6. The molecule has 102 valence electrons. The van der Waals surface area contributed by atoms with Crippen molar-refractivity contribution in [3.05, 3.63) is 11.6 Å². The van der Waals surface area contributed by atoms with Crippen LogP contribution in [0.2, 0.25) is 0 Å². The molecule has 0 fully saturated rings. The summed E-state index contributed by atoms with van der Waals surface area (Å²) in [5, 5.41) is 6.78. The Morgan fingerprint density at radius 2 is 1.78 bits per heavy atom. The molecule has 0 bridgehead atoms. The third-order valence-electron chi connectivity index (χ3n) is 2.52. The number of aryl methyl sites for hydroxylation is 1. The molecule has 0 aliphatic carbocycles. The van der Waals surface area contributed by atoms with Crippen LogP contribution in [0.3, 0.4) is 0 Å². The molecule has 0 spiro atoms. The highest BCUT2D eigenvalue weighted by atomic mass is 16.2. The number of amides is 1. The molecule has 1 aromatic heterocycles. The normalized spacial score (nSPS) is 11.3. The maximum absolute atomic E-state index is 12.3. The van der Waals surface area contributed by atoms with Gasteiger partial charge >= 0.3 is 0 Å². The first-order valence-corrected chi connectivity index (χ1v) is 6.64. The Morgan fingerprint density at radius 3 is 2.17 bits per heavy atom. The van der Waals surface area contributed by atoms with Crippen molar-refractivity contribution in [2.75, 3.05) is 13.1 Å². The number of aromatic nitrogens is 3. The number of nitrogens with one attached hydrogen (secondary N) is 1. The molecular formula is C13H24N4O. The van der Waals surface area contributed by atoms with Gasteiger partial charge in [-0.2, -0.15) is 0 Å². The largest absolute Gasteiger partial charge is 0.335 e. The molecule has 18 heavy (non-hydrogen) atoms. The lowest BCUT2D eigenvalue weighted by Crippen LogP contribution is -2.37. The Labute approximate surface area is 109 Å². The summed E-state index contributed by atoms with van der Waals surface area (Å²) in [6.45, 7) is 11.9. The van der Waals surface area contributed by atoms with Crippen molar-refractivity contribution in [3.8, 4) is 0 Å². The SMILES string of the molecule is CCc1nc(C(=O)N(CC(C)C)CC(C)C)n[nH]1. The minimum Gasteiger partial charge on any atom is -0.335 e. The molecule has 1 aromatic rings. The first-order valence-electron chi connectivity index (χ1n) is 6.64. The van der Waals surface area contributed by atoms with E-state index in [1.54, 1.807) is 0 Å². The smallest absolute Gasteiger partial charge is 0.293 e. The van der Waals surface area contributed by atoms with E-state index in [-0.39, 0.29) is 11.7 Å². The van der Waals surface area contributed by atoms with Crippen molar-refractivity contribution in [2.24, 2.45) is 11.8 Å². The Morgan fingerprint density at radius 1 is 1.22 bits per heavy atom. The molecule has 1 rings (SSSR count). The van der Waals surface area contributed by atoms with Gasteiger partial charge in [-0.05, 0) is 11.8 Å². The standard InChI is InChI=1S/C13H24N4O/c1-6-11-14-12(16-15-11)13(18)17(7-9(2)3)8-10(4)5/h9-10H,6-8H2,1-5H3,(H,14,15,16). The zero-order chi connectivity index (χ0) is 13.7. The van der Waals surface area contributed by atoms with E-state index in [0.29, 0.717) is 11.8 Å². The van der Waals surface area contributed by atoms with Crippen LogP contribution in [0.25, 0.3) is 0 Å². The van der Waals surface area contributed by atoms with Crippen molar-refractivity contribution in [1.82, 2.24) is 20.1 Å². The van der Waals surface area contributed by atoms with E-state index in [4.69, 9.17) is 0 Å². The Bertz CT molecular complexity index is 374. The zero-order valence-electron chi connectivity index (χ0n) is 12.0. The summed E-state index contributed by atoms with van der Waals surface area (Å²) in [6.07, 6.45) is 0.759. The molecular weight excluding hydrogens is 228 g/mol. The summed E-state index contributed by atoms with van der Waals surface area (Å²) in [5.41, 5.74) is 0. The third-order valence-corrected chi connectivity index (χ3v) is 2.52. The van der Waals surface area contributed by atoms with E-state index in [0.717, 1.165) is 25.3 Å². The molecule has 0 aliphatic heterocycles. The zero-order valence-corrected chi connectivity index (χ0v) is 12.0. The van der Waals surface area contributed by atoms with Crippen molar-refractivity contribution < 1.29 is 4.79 Å². The quantitative estimate of drug-likeness (QED) is 0.843. The number of hydrogen-bond donors (Lipinski definition) is 1. The summed E-state index contributed by atoms with van der Waals surface area (Å²) in [7, 11) is 0. The fourth-order valence-electron chi connectivity index (χ4n) is 1.81. The summed E-state index contributed by atoms with van der Waals surface area (Å²) in [6, 6.07) is 0. The molecule has 0 saturated heterocycles. The Balaban J connectivity index is 2.80. The molecule has 5 heteroatoms. The van der Waals surface area contributed by atoms with E-state index in [9.17, 15) is 4.79 Å². The van der Waals surface area contributed by atoms with Crippen LogP contribution in [0.5, 0.6) is 0 Å². The van der Waals surface area contributed by atoms with Crippen LogP contribution in [-0.4, -0.2) is 39.1 Å². The van der Waals surface area contributed by atoms with Gasteiger partial charge in [-0.25, -0.2) is 4.98 Å². The molecule has 0 aromatic carbocycles. The van der Waals surface area contributed by atoms with Gasteiger partial charge in [-0.15, -0.1) is 5.10 Å². The van der Waals surface area contributed by atoms with E-state index < -0.39 is 0 Å². The van der Waals surface area contributed by atoms with Gasteiger partial charge in [0.05, 0.1) is 0 Å². The van der Waals surface area contributed by atoms with Crippen molar-refractivity contribution in [3.63, 3.8) is 0 Å². The van der Waals surface area contributed by atoms with E-state index in [2.05, 4.69) is 42.9 Å². The van der Waals surface area contributed by atoms with E-state index >= 15 is 0 Å². The third kappa shape index (κ3) is 4.13. The van der Waals surface area contributed by atoms with Gasteiger partial charge in [-0.1, -0.05) is 34.6 Å². The molecule has 1 N–H and O–H groups in total. The monoisotopic (exact) mass is 252 g/mol.